The molecule has 0 spiro atoms. The molecular weight excluding hydrogens is 416 g/mol. The molecule has 1 heterocycles. The first-order chi connectivity index (χ1) is 15.4. The number of carbonyl (C=O) groups excluding carboxylic acids is 1. The fourth-order valence-corrected chi connectivity index (χ4v) is 3.07. The lowest BCUT2D eigenvalue weighted by atomic mass is 10.1. The first kappa shape index (κ1) is 23.0. The van der Waals surface area contributed by atoms with E-state index in [1.807, 2.05) is 24.3 Å². The summed E-state index contributed by atoms with van der Waals surface area (Å²) < 4.78 is 31.9. The molecule has 1 aromatic heterocycles. The second kappa shape index (κ2) is 11.1. The molecule has 0 bridgehead atoms. The molecule has 0 aliphatic heterocycles. The van der Waals surface area contributed by atoms with E-state index < -0.39 is 17.5 Å². The van der Waals surface area contributed by atoms with Crippen LogP contribution in [0.3, 0.4) is 0 Å². The SMILES string of the molecule is COCCNc1ccc(Nc2cc(NCc3cc(F)cc(F)c3)c(CC(N)=O)cn2)cc1. The Morgan fingerprint density at radius 1 is 1.03 bits per heavy atom. The number of hydrogen-bond acceptors (Lipinski definition) is 6. The maximum atomic E-state index is 13.5. The van der Waals surface area contributed by atoms with E-state index in [1.165, 1.54) is 12.1 Å². The van der Waals surface area contributed by atoms with Gasteiger partial charge < -0.3 is 26.4 Å². The molecule has 0 radical (unpaired) electrons. The van der Waals surface area contributed by atoms with E-state index in [-0.39, 0.29) is 13.0 Å². The number of primary amides is 1. The van der Waals surface area contributed by atoms with Crippen LogP contribution in [0.15, 0.2) is 54.7 Å². The van der Waals surface area contributed by atoms with Gasteiger partial charge in [-0.15, -0.1) is 0 Å². The van der Waals surface area contributed by atoms with Crippen LogP contribution in [-0.4, -0.2) is 31.2 Å². The highest BCUT2D eigenvalue weighted by atomic mass is 19.1. The normalized spacial score (nSPS) is 10.6. The van der Waals surface area contributed by atoms with Crippen LogP contribution >= 0.6 is 0 Å². The Kier molecular flexibility index (Phi) is 7.93. The third-order valence-corrected chi connectivity index (χ3v) is 4.55. The van der Waals surface area contributed by atoms with Crippen LogP contribution in [0.5, 0.6) is 0 Å². The predicted octanol–water partition coefficient (Wildman–Crippen LogP) is 3.80. The molecule has 168 valence electrons. The van der Waals surface area contributed by atoms with Crippen LogP contribution in [0.4, 0.5) is 31.7 Å². The van der Waals surface area contributed by atoms with E-state index in [2.05, 4.69) is 20.9 Å². The van der Waals surface area contributed by atoms with Gasteiger partial charge in [0, 0.05) is 61.2 Å². The van der Waals surface area contributed by atoms with Gasteiger partial charge in [-0.25, -0.2) is 13.8 Å². The number of nitrogens with zero attached hydrogens (tertiary/aromatic N) is 1. The number of nitrogens with one attached hydrogen (secondary N) is 3. The number of amides is 1. The van der Waals surface area contributed by atoms with Gasteiger partial charge in [0.25, 0.3) is 0 Å². The number of halogens is 2. The molecule has 3 aromatic rings. The van der Waals surface area contributed by atoms with E-state index in [0.29, 0.717) is 35.8 Å². The second-order valence-electron chi connectivity index (χ2n) is 7.12. The summed E-state index contributed by atoms with van der Waals surface area (Å²) in [6.07, 6.45) is 1.53. The molecule has 2 aromatic carbocycles. The van der Waals surface area contributed by atoms with Crippen LogP contribution < -0.4 is 21.7 Å². The summed E-state index contributed by atoms with van der Waals surface area (Å²) in [6, 6.07) is 12.7. The smallest absolute Gasteiger partial charge is 0.221 e. The lowest BCUT2D eigenvalue weighted by molar-refractivity contribution is -0.117. The highest BCUT2D eigenvalue weighted by Crippen LogP contribution is 2.24. The van der Waals surface area contributed by atoms with Crippen molar-refractivity contribution in [2.24, 2.45) is 5.73 Å². The number of rotatable bonds is 11. The van der Waals surface area contributed by atoms with Crippen molar-refractivity contribution in [3.8, 4) is 0 Å². The quantitative estimate of drug-likeness (QED) is 0.338. The van der Waals surface area contributed by atoms with E-state index in [0.717, 1.165) is 17.4 Å². The van der Waals surface area contributed by atoms with Crippen molar-refractivity contribution < 1.29 is 18.3 Å². The number of benzene rings is 2. The second-order valence-corrected chi connectivity index (χ2v) is 7.12. The van der Waals surface area contributed by atoms with E-state index in [9.17, 15) is 13.6 Å². The molecule has 0 aliphatic carbocycles. The van der Waals surface area contributed by atoms with Crippen LogP contribution in [0.1, 0.15) is 11.1 Å². The third-order valence-electron chi connectivity index (χ3n) is 4.55. The topological polar surface area (TPSA) is 101 Å². The number of hydrogen-bond donors (Lipinski definition) is 4. The molecule has 9 heteroatoms. The minimum atomic E-state index is -0.656. The summed E-state index contributed by atoms with van der Waals surface area (Å²) >= 11 is 0. The zero-order valence-electron chi connectivity index (χ0n) is 17.6. The van der Waals surface area contributed by atoms with Crippen molar-refractivity contribution in [2.75, 3.05) is 36.2 Å². The standard InChI is InChI=1S/C23H25F2N5O2/c1-32-7-6-27-19-2-4-20(5-3-19)30-23-12-21(16(14-29-23)10-22(26)31)28-13-15-8-17(24)11-18(25)9-15/h2-5,8-9,11-12,14,27H,6-7,10,13H2,1H3,(H2,26,31)(H2,28,29,30). The number of methoxy groups -OCH3 is 1. The van der Waals surface area contributed by atoms with Gasteiger partial charge in [0.15, 0.2) is 0 Å². The number of anilines is 4. The van der Waals surface area contributed by atoms with Crippen molar-refractivity contribution in [1.82, 2.24) is 4.98 Å². The maximum Gasteiger partial charge on any atom is 0.221 e. The number of nitrogens with two attached hydrogens (primary N) is 1. The number of pyridine rings is 1. The Hall–Kier alpha value is -3.72. The zero-order valence-corrected chi connectivity index (χ0v) is 17.6. The lowest BCUT2D eigenvalue weighted by Crippen LogP contribution is -2.15. The van der Waals surface area contributed by atoms with Crippen molar-refractivity contribution in [3.63, 3.8) is 0 Å². The molecule has 32 heavy (non-hydrogen) atoms. The summed E-state index contributed by atoms with van der Waals surface area (Å²) in [5, 5.41) is 9.54. The summed E-state index contributed by atoms with van der Waals surface area (Å²) in [6.45, 7) is 1.47. The number of ether oxygens (including phenoxy) is 1. The van der Waals surface area contributed by atoms with Gasteiger partial charge in [-0.1, -0.05) is 0 Å². The first-order valence-electron chi connectivity index (χ1n) is 9.99. The fourth-order valence-electron chi connectivity index (χ4n) is 3.07. The molecule has 0 atom stereocenters. The van der Waals surface area contributed by atoms with Gasteiger partial charge >= 0.3 is 0 Å². The van der Waals surface area contributed by atoms with E-state index in [1.54, 1.807) is 19.4 Å². The van der Waals surface area contributed by atoms with Gasteiger partial charge in [-0.2, -0.15) is 0 Å². The van der Waals surface area contributed by atoms with Crippen molar-refractivity contribution in [2.45, 2.75) is 13.0 Å². The molecular formula is C23H25F2N5O2. The Morgan fingerprint density at radius 2 is 1.72 bits per heavy atom. The van der Waals surface area contributed by atoms with Gasteiger partial charge in [-0.3, -0.25) is 4.79 Å². The summed E-state index contributed by atoms with van der Waals surface area (Å²) in [7, 11) is 1.65. The van der Waals surface area contributed by atoms with Crippen LogP contribution in [0, 0.1) is 11.6 Å². The molecule has 3 rings (SSSR count). The molecule has 0 aliphatic rings. The summed E-state index contributed by atoms with van der Waals surface area (Å²) in [5.41, 5.74) is 8.71. The van der Waals surface area contributed by atoms with Crippen LogP contribution in [-0.2, 0) is 22.5 Å². The monoisotopic (exact) mass is 441 g/mol. The summed E-state index contributed by atoms with van der Waals surface area (Å²) in [4.78, 5) is 15.8. The molecule has 1 amide bonds. The highest BCUT2D eigenvalue weighted by Gasteiger charge is 2.10. The number of aromatic nitrogens is 1. The average molecular weight is 441 g/mol. The van der Waals surface area contributed by atoms with Crippen LogP contribution in [0.25, 0.3) is 0 Å². The average Bonchev–Trinajstić information content (AvgIpc) is 2.74. The Morgan fingerprint density at radius 3 is 2.38 bits per heavy atom. The Bertz CT molecular complexity index is 1040. The lowest BCUT2D eigenvalue weighted by Gasteiger charge is -2.14. The van der Waals surface area contributed by atoms with Gasteiger partial charge in [-0.05, 0) is 42.0 Å². The molecule has 0 saturated heterocycles. The molecule has 5 N–H and O–H groups in total. The first-order valence-corrected chi connectivity index (χ1v) is 9.99. The molecule has 7 nitrogen and oxygen atoms in total. The summed E-state index contributed by atoms with van der Waals surface area (Å²) in [5.74, 6) is -1.29. The number of carbonyl (C=O) groups is 1. The van der Waals surface area contributed by atoms with E-state index >= 15 is 0 Å². The Labute approximate surface area is 185 Å². The van der Waals surface area contributed by atoms with Gasteiger partial charge in [0.05, 0.1) is 13.0 Å². The predicted molar refractivity (Wildman–Crippen MR) is 121 cm³/mol. The van der Waals surface area contributed by atoms with E-state index in [4.69, 9.17) is 10.5 Å². The molecule has 0 unspecified atom stereocenters. The van der Waals surface area contributed by atoms with Gasteiger partial charge in [0.1, 0.15) is 17.5 Å². The van der Waals surface area contributed by atoms with Crippen molar-refractivity contribution in [1.29, 1.82) is 0 Å². The third kappa shape index (κ3) is 6.92. The van der Waals surface area contributed by atoms with Crippen molar-refractivity contribution in [3.05, 3.63) is 77.5 Å². The van der Waals surface area contributed by atoms with Crippen LogP contribution in [0.2, 0.25) is 0 Å². The minimum Gasteiger partial charge on any atom is -0.383 e. The highest BCUT2D eigenvalue weighted by molar-refractivity contribution is 5.79. The molecule has 0 fully saturated rings. The Balaban J connectivity index is 1.73. The maximum absolute atomic E-state index is 13.5. The van der Waals surface area contributed by atoms with Gasteiger partial charge in [0.2, 0.25) is 5.91 Å². The largest absolute Gasteiger partial charge is 0.383 e. The zero-order chi connectivity index (χ0) is 22.9. The fraction of sp³-hybridized carbons (Fsp3) is 0.217. The molecule has 0 saturated carbocycles. The van der Waals surface area contributed by atoms with Crippen molar-refractivity contribution >= 4 is 28.8 Å². The minimum absolute atomic E-state index is 0.0189.